The van der Waals surface area contributed by atoms with E-state index in [0.717, 1.165) is 0 Å². The highest BCUT2D eigenvalue weighted by Crippen LogP contribution is 2.28. The minimum Gasteiger partial charge on any atom is -0.416 e. The van der Waals surface area contributed by atoms with E-state index in [2.05, 4.69) is 4.42 Å². The lowest BCUT2D eigenvalue weighted by Crippen LogP contribution is -2.21. The summed E-state index contributed by atoms with van der Waals surface area (Å²) in [5.74, 6) is 0.820. The van der Waals surface area contributed by atoms with Crippen molar-refractivity contribution in [3.8, 4) is 12.3 Å². The Balaban J connectivity index is 3.25. The maximum atomic E-state index is 12.1. The molecule has 0 aromatic carbocycles. The maximum absolute atomic E-state index is 12.1. The van der Waals surface area contributed by atoms with Crippen LogP contribution >= 0.6 is 0 Å². The van der Waals surface area contributed by atoms with Gasteiger partial charge in [-0.3, -0.25) is 4.57 Å². The molecule has 0 atom stereocenters. The van der Waals surface area contributed by atoms with E-state index >= 15 is 0 Å². The molecule has 0 radical (unpaired) electrons. The summed E-state index contributed by atoms with van der Waals surface area (Å²) in [6.45, 7) is -0.454. The molecule has 0 amide bonds. The first kappa shape index (κ1) is 9.45. The highest BCUT2D eigenvalue weighted by molar-refractivity contribution is 5.03. The molecule has 0 saturated carbocycles. The number of hydrogen-bond acceptors (Lipinski definition) is 2. The Morgan fingerprint density at radius 2 is 2.23 bits per heavy atom. The fourth-order valence-corrected chi connectivity index (χ4v) is 0.793. The lowest BCUT2D eigenvalue weighted by Gasteiger charge is -2.05. The summed E-state index contributed by atoms with van der Waals surface area (Å²) < 4.78 is 40.7. The van der Waals surface area contributed by atoms with E-state index in [1.54, 1.807) is 0 Å². The van der Waals surface area contributed by atoms with Crippen molar-refractivity contribution in [2.75, 3.05) is 0 Å². The van der Waals surface area contributed by atoms with Crippen LogP contribution in [0.15, 0.2) is 15.5 Å². The molecule has 0 aliphatic rings. The molecule has 1 rings (SSSR count). The molecule has 1 aromatic rings. The Kier molecular flexibility index (Phi) is 2.19. The van der Waals surface area contributed by atoms with Crippen LogP contribution in [0.2, 0.25) is 0 Å². The first-order valence-corrected chi connectivity index (χ1v) is 3.16. The molecule has 1 aromatic heterocycles. The molecule has 13 heavy (non-hydrogen) atoms. The number of halogens is 3. The molecular formula is C7H4F3NO2. The predicted molar refractivity (Wildman–Crippen MR) is 36.8 cm³/mol. The Morgan fingerprint density at radius 1 is 1.62 bits per heavy atom. The lowest BCUT2D eigenvalue weighted by atomic mass is 10.4. The van der Waals surface area contributed by atoms with Gasteiger partial charge in [-0.1, -0.05) is 5.92 Å². The highest BCUT2D eigenvalue weighted by Gasteiger charge is 2.36. The normalized spacial score (nSPS) is 11.2. The molecule has 1 heterocycles. The molecule has 70 valence electrons. The van der Waals surface area contributed by atoms with E-state index in [-0.39, 0.29) is 0 Å². The first-order valence-electron chi connectivity index (χ1n) is 3.16. The van der Waals surface area contributed by atoms with Gasteiger partial charge in [-0.15, -0.1) is 6.42 Å². The van der Waals surface area contributed by atoms with Gasteiger partial charge >= 0.3 is 11.9 Å². The number of nitrogens with zero attached hydrogens (tertiary/aromatic N) is 1. The van der Waals surface area contributed by atoms with Crippen LogP contribution in [0.4, 0.5) is 13.2 Å². The summed E-state index contributed by atoms with van der Waals surface area (Å²) in [5.41, 5.74) is -1.17. The van der Waals surface area contributed by atoms with Crippen LogP contribution in [0.1, 0.15) is 5.69 Å². The average Bonchev–Trinajstić information content (AvgIpc) is 2.32. The summed E-state index contributed by atoms with van der Waals surface area (Å²) in [5, 5.41) is 0. The quantitative estimate of drug-likeness (QED) is 0.623. The number of aromatic nitrogens is 1. The van der Waals surface area contributed by atoms with Crippen molar-refractivity contribution in [3.05, 3.63) is 22.5 Å². The monoisotopic (exact) mass is 191 g/mol. The molecule has 0 spiro atoms. The van der Waals surface area contributed by atoms with Crippen molar-refractivity contribution >= 4 is 0 Å². The van der Waals surface area contributed by atoms with Crippen molar-refractivity contribution in [1.82, 2.24) is 4.57 Å². The van der Waals surface area contributed by atoms with E-state index in [4.69, 9.17) is 6.42 Å². The third kappa shape index (κ3) is 1.75. The second-order valence-corrected chi connectivity index (χ2v) is 2.17. The number of alkyl halides is 3. The Morgan fingerprint density at radius 3 is 2.69 bits per heavy atom. The van der Waals surface area contributed by atoms with Gasteiger partial charge in [-0.2, -0.15) is 13.2 Å². The predicted octanol–water partition coefficient (Wildman–Crippen LogP) is 1.09. The highest BCUT2D eigenvalue weighted by atomic mass is 19.4. The minimum atomic E-state index is -4.62. The summed E-state index contributed by atoms with van der Waals surface area (Å²) in [4.78, 5) is 10.7. The number of rotatable bonds is 1. The van der Waals surface area contributed by atoms with Gasteiger partial charge in [0.1, 0.15) is 6.26 Å². The van der Waals surface area contributed by atoms with Crippen LogP contribution in [-0.4, -0.2) is 4.57 Å². The second kappa shape index (κ2) is 3.01. The largest absolute Gasteiger partial charge is 0.434 e. The smallest absolute Gasteiger partial charge is 0.416 e. The topological polar surface area (TPSA) is 35.1 Å². The number of terminal acetylenes is 1. The fourth-order valence-electron chi connectivity index (χ4n) is 0.793. The van der Waals surface area contributed by atoms with E-state index in [1.165, 1.54) is 0 Å². The van der Waals surface area contributed by atoms with Gasteiger partial charge in [0, 0.05) is 0 Å². The zero-order valence-electron chi connectivity index (χ0n) is 6.26. The third-order valence-electron chi connectivity index (χ3n) is 1.32. The van der Waals surface area contributed by atoms with Crippen molar-refractivity contribution in [3.63, 3.8) is 0 Å². The summed E-state index contributed by atoms with van der Waals surface area (Å²) in [7, 11) is 0. The van der Waals surface area contributed by atoms with Gasteiger partial charge in [-0.05, 0) is 0 Å². The summed E-state index contributed by atoms with van der Waals surface area (Å²) in [6.07, 6.45) is 0.507. The van der Waals surface area contributed by atoms with Crippen LogP contribution in [-0.2, 0) is 12.7 Å². The van der Waals surface area contributed by atoms with Gasteiger partial charge in [-0.25, -0.2) is 4.79 Å². The number of oxazole rings is 1. The molecule has 0 bridgehead atoms. The zero-order chi connectivity index (χ0) is 10.1. The van der Waals surface area contributed by atoms with Crippen molar-refractivity contribution in [2.24, 2.45) is 0 Å². The molecule has 0 aliphatic carbocycles. The molecule has 6 heteroatoms. The van der Waals surface area contributed by atoms with Crippen molar-refractivity contribution in [1.29, 1.82) is 0 Å². The lowest BCUT2D eigenvalue weighted by molar-refractivity contribution is -0.143. The van der Waals surface area contributed by atoms with Gasteiger partial charge in [0.05, 0.1) is 6.54 Å². The van der Waals surface area contributed by atoms with Gasteiger partial charge in [0.15, 0.2) is 5.69 Å². The first-order chi connectivity index (χ1) is 5.96. The standard InChI is InChI=1S/C7H4F3NO2/c1-2-3-11-5(7(8,9)10)4-13-6(11)12/h1,4H,3H2. The van der Waals surface area contributed by atoms with Crippen LogP contribution in [0, 0.1) is 12.3 Å². The van der Waals surface area contributed by atoms with Gasteiger partial charge in [0.25, 0.3) is 0 Å². The minimum absolute atomic E-state index is 0.347. The van der Waals surface area contributed by atoms with Crippen LogP contribution < -0.4 is 5.76 Å². The average molecular weight is 191 g/mol. The van der Waals surface area contributed by atoms with E-state index in [0.29, 0.717) is 10.8 Å². The molecule has 0 N–H and O–H groups in total. The summed E-state index contributed by atoms with van der Waals surface area (Å²) >= 11 is 0. The molecule has 0 fully saturated rings. The second-order valence-electron chi connectivity index (χ2n) is 2.17. The van der Waals surface area contributed by atoms with Gasteiger partial charge in [0.2, 0.25) is 0 Å². The molecule has 3 nitrogen and oxygen atoms in total. The third-order valence-corrected chi connectivity index (χ3v) is 1.32. The maximum Gasteiger partial charge on any atom is 0.434 e. The van der Waals surface area contributed by atoms with Crippen molar-refractivity contribution in [2.45, 2.75) is 12.7 Å². The van der Waals surface area contributed by atoms with E-state index in [9.17, 15) is 18.0 Å². The van der Waals surface area contributed by atoms with Crippen LogP contribution in [0.5, 0.6) is 0 Å². The van der Waals surface area contributed by atoms with E-state index < -0.39 is 24.2 Å². The molecule has 0 aliphatic heterocycles. The Labute approximate surface area is 70.8 Å². The Hall–Kier alpha value is -1.64. The van der Waals surface area contributed by atoms with Crippen LogP contribution in [0.3, 0.4) is 0 Å². The van der Waals surface area contributed by atoms with Gasteiger partial charge < -0.3 is 4.42 Å². The van der Waals surface area contributed by atoms with Crippen molar-refractivity contribution < 1.29 is 17.6 Å². The van der Waals surface area contributed by atoms with Crippen LogP contribution in [0.25, 0.3) is 0 Å². The molecule has 0 unspecified atom stereocenters. The summed E-state index contributed by atoms with van der Waals surface area (Å²) in [6, 6.07) is 0. The molecular weight excluding hydrogens is 187 g/mol. The number of hydrogen-bond donors (Lipinski definition) is 0. The van der Waals surface area contributed by atoms with E-state index in [1.807, 2.05) is 5.92 Å². The zero-order valence-corrected chi connectivity index (χ0v) is 6.26. The fraction of sp³-hybridized carbons (Fsp3) is 0.286. The molecule has 0 saturated heterocycles. The SMILES string of the molecule is C#CCn1c(C(F)(F)F)coc1=O. The Bertz CT molecular complexity index is 393.